The van der Waals surface area contributed by atoms with Gasteiger partial charge in [0.2, 0.25) is 0 Å². The lowest BCUT2D eigenvalue weighted by Gasteiger charge is -2.19. The van der Waals surface area contributed by atoms with E-state index >= 15 is 0 Å². The van der Waals surface area contributed by atoms with Gasteiger partial charge in [-0.1, -0.05) is 45.0 Å². The van der Waals surface area contributed by atoms with E-state index in [1.54, 1.807) is 0 Å². The van der Waals surface area contributed by atoms with Crippen molar-refractivity contribution in [2.45, 2.75) is 26.2 Å². The highest BCUT2D eigenvalue weighted by molar-refractivity contribution is 5.65. The number of nitrogens with zero attached hydrogens (tertiary/aromatic N) is 1. The Labute approximate surface area is 114 Å². The zero-order valence-electron chi connectivity index (χ0n) is 12.0. The van der Waals surface area contributed by atoms with E-state index in [4.69, 9.17) is 0 Å². The van der Waals surface area contributed by atoms with Crippen LogP contribution in [0.3, 0.4) is 0 Å². The highest BCUT2D eigenvalue weighted by Crippen LogP contribution is 2.27. The summed E-state index contributed by atoms with van der Waals surface area (Å²) in [5.74, 6) is 0. The maximum absolute atomic E-state index is 11.2. The second-order valence-electron chi connectivity index (χ2n) is 5.87. The molecule has 0 aliphatic heterocycles. The molecular formula is C17H20NO+. The van der Waals surface area contributed by atoms with Crippen LogP contribution in [0, 0.1) is 4.91 Å². The van der Waals surface area contributed by atoms with Gasteiger partial charge in [-0.3, -0.25) is 0 Å². The van der Waals surface area contributed by atoms with Crippen molar-refractivity contribution in [2.75, 3.05) is 7.05 Å². The maximum atomic E-state index is 11.2. The predicted molar refractivity (Wildman–Crippen MR) is 79.8 cm³/mol. The first kappa shape index (κ1) is 13.5. The van der Waals surface area contributed by atoms with Crippen molar-refractivity contribution < 1.29 is 4.76 Å². The molecule has 0 amide bonds. The minimum absolute atomic E-state index is 0.174. The molecule has 0 heterocycles. The van der Waals surface area contributed by atoms with Crippen molar-refractivity contribution in [1.82, 2.24) is 0 Å². The number of benzene rings is 2. The summed E-state index contributed by atoms with van der Waals surface area (Å²) in [5, 5.41) is 0. The summed E-state index contributed by atoms with van der Waals surface area (Å²) in [6.07, 6.45) is 0. The Balaban J connectivity index is 2.30. The zero-order valence-corrected chi connectivity index (χ0v) is 12.0. The van der Waals surface area contributed by atoms with Crippen molar-refractivity contribution in [3.63, 3.8) is 0 Å². The van der Waals surface area contributed by atoms with Crippen molar-refractivity contribution in [2.24, 2.45) is 0 Å². The van der Waals surface area contributed by atoms with Gasteiger partial charge in [-0.15, -0.1) is 0 Å². The molecule has 0 unspecified atom stereocenters. The molecule has 2 aromatic rings. The molecule has 19 heavy (non-hydrogen) atoms. The van der Waals surface area contributed by atoms with E-state index in [0.29, 0.717) is 5.69 Å². The van der Waals surface area contributed by atoms with E-state index in [-0.39, 0.29) is 5.41 Å². The minimum atomic E-state index is 0.174. The van der Waals surface area contributed by atoms with Gasteiger partial charge in [0.25, 0.3) is 5.69 Å². The molecule has 0 fully saturated rings. The standard InChI is InChI=1S/C17H20NO/c1-17(2,3)15-9-5-13(6-10-15)14-7-11-16(12-8-14)18(4)19/h5-12H,1-4H3/q+1. The highest BCUT2D eigenvalue weighted by atomic mass is 16.3. The van der Waals surface area contributed by atoms with Gasteiger partial charge < -0.3 is 0 Å². The average Bonchev–Trinajstić information content (AvgIpc) is 2.38. The molecule has 2 rings (SSSR count). The first-order chi connectivity index (χ1) is 8.88. The van der Waals surface area contributed by atoms with Gasteiger partial charge in [0, 0.05) is 21.8 Å². The van der Waals surface area contributed by atoms with E-state index in [9.17, 15) is 4.91 Å². The number of hydrogen-bond acceptors (Lipinski definition) is 1. The molecular weight excluding hydrogens is 234 g/mol. The Bertz CT molecular complexity index is 574. The van der Waals surface area contributed by atoms with Crippen LogP contribution in [0.15, 0.2) is 48.5 Å². The third kappa shape index (κ3) is 3.08. The van der Waals surface area contributed by atoms with Gasteiger partial charge in [-0.05, 0) is 34.2 Å². The van der Waals surface area contributed by atoms with Crippen LogP contribution in [0.2, 0.25) is 0 Å². The summed E-state index contributed by atoms with van der Waals surface area (Å²) >= 11 is 0. The van der Waals surface area contributed by atoms with Crippen molar-refractivity contribution in [3.8, 4) is 11.1 Å². The van der Waals surface area contributed by atoms with Gasteiger partial charge in [-0.25, -0.2) is 0 Å². The van der Waals surface area contributed by atoms with Crippen molar-refractivity contribution in [3.05, 3.63) is 59.0 Å². The molecule has 0 saturated heterocycles. The molecule has 2 nitrogen and oxygen atoms in total. The smallest absolute Gasteiger partial charge is 0.0579 e. The largest absolute Gasteiger partial charge is 0.255 e. The summed E-state index contributed by atoms with van der Waals surface area (Å²) in [6.45, 7) is 6.63. The molecule has 0 bridgehead atoms. The van der Waals surface area contributed by atoms with E-state index in [1.807, 2.05) is 24.3 Å². The lowest BCUT2D eigenvalue weighted by molar-refractivity contribution is -0.428. The van der Waals surface area contributed by atoms with Crippen LogP contribution in [0.5, 0.6) is 0 Å². The second-order valence-corrected chi connectivity index (χ2v) is 5.87. The molecule has 0 saturated carbocycles. The van der Waals surface area contributed by atoms with E-state index in [0.717, 1.165) is 10.3 Å². The second kappa shape index (κ2) is 4.96. The predicted octanol–water partition coefficient (Wildman–Crippen LogP) is 4.69. The van der Waals surface area contributed by atoms with Crippen molar-refractivity contribution >= 4 is 5.69 Å². The van der Waals surface area contributed by atoms with Gasteiger partial charge >= 0.3 is 0 Å². The summed E-state index contributed by atoms with van der Waals surface area (Å²) in [7, 11) is 1.51. The molecule has 2 heteroatoms. The fourth-order valence-corrected chi connectivity index (χ4v) is 2.03. The third-order valence-corrected chi connectivity index (χ3v) is 3.32. The van der Waals surface area contributed by atoms with Crippen LogP contribution in [0.4, 0.5) is 5.69 Å². The van der Waals surface area contributed by atoms with Crippen LogP contribution in [-0.4, -0.2) is 11.8 Å². The zero-order chi connectivity index (χ0) is 14.0. The first-order valence-corrected chi connectivity index (χ1v) is 6.50. The number of hydrogen-bond donors (Lipinski definition) is 0. The maximum Gasteiger partial charge on any atom is 0.255 e. The lowest BCUT2D eigenvalue weighted by atomic mass is 9.86. The summed E-state index contributed by atoms with van der Waals surface area (Å²) < 4.78 is 0.868. The molecule has 0 aromatic heterocycles. The fraction of sp³-hybridized carbons (Fsp3) is 0.294. The Morgan fingerprint density at radius 3 is 1.58 bits per heavy atom. The fourth-order valence-electron chi connectivity index (χ4n) is 2.03. The monoisotopic (exact) mass is 254 g/mol. The molecule has 0 aliphatic rings. The lowest BCUT2D eigenvalue weighted by Crippen LogP contribution is -2.10. The SMILES string of the molecule is C[N+](=O)c1ccc(-c2ccc(C(C)(C)C)cc2)cc1. The van der Waals surface area contributed by atoms with Gasteiger partial charge in [0.1, 0.15) is 0 Å². The van der Waals surface area contributed by atoms with E-state index < -0.39 is 0 Å². The Morgan fingerprint density at radius 2 is 1.21 bits per heavy atom. The molecule has 98 valence electrons. The van der Waals surface area contributed by atoms with Crippen LogP contribution < -0.4 is 0 Å². The first-order valence-electron chi connectivity index (χ1n) is 6.50. The summed E-state index contributed by atoms with van der Waals surface area (Å²) in [4.78, 5) is 11.2. The molecule has 0 N–H and O–H groups in total. The number of rotatable bonds is 2. The quantitative estimate of drug-likeness (QED) is 0.712. The average molecular weight is 254 g/mol. The summed E-state index contributed by atoms with van der Waals surface area (Å²) in [6, 6.07) is 16.3. The van der Waals surface area contributed by atoms with Crippen molar-refractivity contribution in [1.29, 1.82) is 0 Å². The van der Waals surface area contributed by atoms with Crippen LogP contribution in [0.25, 0.3) is 11.1 Å². The normalized spacial score (nSPS) is 11.4. The minimum Gasteiger partial charge on any atom is -0.0579 e. The third-order valence-electron chi connectivity index (χ3n) is 3.32. The van der Waals surface area contributed by atoms with Crippen LogP contribution >= 0.6 is 0 Å². The van der Waals surface area contributed by atoms with Crippen LogP contribution in [0.1, 0.15) is 26.3 Å². The summed E-state index contributed by atoms with van der Waals surface area (Å²) in [5.41, 5.74) is 4.48. The van der Waals surface area contributed by atoms with E-state index in [1.165, 1.54) is 18.2 Å². The Morgan fingerprint density at radius 1 is 0.789 bits per heavy atom. The molecule has 2 aromatic carbocycles. The Kier molecular flexibility index (Phi) is 3.52. The van der Waals surface area contributed by atoms with Gasteiger partial charge in [-0.2, -0.15) is 0 Å². The van der Waals surface area contributed by atoms with Gasteiger partial charge in [0.15, 0.2) is 7.05 Å². The molecule has 0 spiro atoms. The van der Waals surface area contributed by atoms with Crippen LogP contribution in [-0.2, 0) is 5.41 Å². The molecule has 0 atom stereocenters. The topological polar surface area (TPSA) is 20.1 Å². The van der Waals surface area contributed by atoms with Gasteiger partial charge in [0.05, 0.1) is 0 Å². The highest BCUT2D eigenvalue weighted by Gasteiger charge is 2.13. The molecule has 0 radical (unpaired) electrons. The van der Waals surface area contributed by atoms with E-state index in [2.05, 4.69) is 45.0 Å². The molecule has 0 aliphatic carbocycles. The Hall–Kier alpha value is -1.96. The number of nitroso groups, excluding NO2 is 1.